The van der Waals surface area contributed by atoms with Crippen LogP contribution in [0, 0.1) is 0 Å². The number of carboxylic acid groups (broad SMARTS) is 1. The van der Waals surface area contributed by atoms with Crippen LogP contribution < -0.4 is 5.32 Å². The van der Waals surface area contributed by atoms with Crippen LogP contribution in [0.4, 0.5) is 0 Å². The van der Waals surface area contributed by atoms with Crippen molar-refractivity contribution in [1.29, 1.82) is 0 Å². The molecule has 1 atom stereocenters. The van der Waals surface area contributed by atoms with E-state index in [9.17, 15) is 9.59 Å². The number of aromatic nitrogens is 1. The summed E-state index contributed by atoms with van der Waals surface area (Å²) < 4.78 is 1.83. The fourth-order valence-electron chi connectivity index (χ4n) is 1.70. The molecule has 3 N–H and O–H groups in total. The van der Waals surface area contributed by atoms with E-state index in [1.54, 1.807) is 0 Å². The lowest BCUT2D eigenvalue weighted by Crippen LogP contribution is -2.30. The van der Waals surface area contributed by atoms with Crippen LogP contribution in [-0.4, -0.2) is 39.3 Å². The second kappa shape index (κ2) is 6.36. The van der Waals surface area contributed by atoms with Gasteiger partial charge in [0.05, 0.1) is 5.69 Å². The molecule has 7 heteroatoms. The summed E-state index contributed by atoms with van der Waals surface area (Å²) in [6.07, 6.45) is 2.20. The molecule has 0 radical (unpaired) electrons. The number of aliphatic hydroxyl groups is 1. The molecule has 106 valence electrons. The summed E-state index contributed by atoms with van der Waals surface area (Å²) in [7, 11) is 0. The fraction of sp³-hybridized carbons (Fsp3) is 0.231. The SMILES string of the molecule is O=C(NCCC(O)C(=O)O)c1sccc1-n1cccc1. The highest BCUT2D eigenvalue weighted by molar-refractivity contribution is 7.12. The molecule has 2 rings (SSSR count). The van der Waals surface area contributed by atoms with E-state index in [2.05, 4.69) is 5.32 Å². The third kappa shape index (κ3) is 3.25. The van der Waals surface area contributed by atoms with Crippen LogP contribution in [0.25, 0.3) is 5.69 Å². The van der Waals surface area contributed by atoms with Crippen LogP contribution in [0.1, 0.15) is 16.1 Å². The van der Waals surface area contributed by atoms with Gasteiger partial charge in [0, 0.05) is 25.4 Å². The van der Waals surface area contributed by atoms with Crippen molar-refractivity contribution >= 4 is 23.2 Å². The van der Waals surface area contributed by atoms with Gasteiger partial charge in [0.15, 0.2) is 6.10 Å². The van der Waals surface area contributed by atoms with Gasteiger partial charge in [-0.1, -0.05) is 0 Å². The lowest BCUT2D eigenvalue weighted by molar-refractivity contribution is -0.146. The van der Waals surface area contributed by atoms with Crippen molar-refractivity contribution in [2.24, 2.45) is 0 Å². The summed E-state index contributed by atoms with van der Waals surface area (Å²) in [5.74, 6) is -1.57. The molecule has 2 heterocycles. The van der Waals surface area contributed by atoms with Gasteiger partial charge in [0.2, 0.25) is 0 Å². The summed E-state index contributed by atoms with van der Waals surface area (Å²) in [5.41, 5.74) is 0.774. The van der Waals surface area contributed by atoms with Crippen molar-refractivity contribution in [3.63, 3.8) is 0 Å². The van der Waals surface area contributed by atoms with Gasteiger partial charge < -0.3 is 20.1 Å². The molecule has 2 aromatic heterocycles. The number of rotatable bonds is 6. The van der Waals surface area contributed by atoms with E-state index >= 15 is 0 Å². The lowest BCUT2D eigenvalue weighted by Gasteiger charge is -2.08. The van der Waals surface area contributed by atoms with Crippen LogP contribution in [-0.2, 0) is 4.79 Å². The van der Waals surface area contributed by atoms with Crippen molar-refractivity contribution < 1.29 is 19.8 Å². The smallest absolute Gasteiger partial charge is 0.332 e. The number of aliphatic hydroxyl groups excluding tert-OH is 1. The molecule has 0 aliphatic heterocycles. The molecule has 0 aliphatic rings. The zero-order valence-electron chi connectivity index (χ0n) is 10.5. The van der Waals surface area contributed by atoms with Crippen molar-refractivity contribution in [2.45, 2.75) is 12.5 Å². The normalized spacial score (nSPS) is 12.1. The Morgan fingerprint density at radius 2 is 2.05 bits per heavy atom. The first-order valence-corrected chi connectivity index (χ1v) is 6.87. The van der Waals surface area contributed by atoms with Gasteiger partial charge in [-0.3, -0.25) is 4.79 Å². The van der Waals surface area contributed by atoms with E-state index in [-0.39, 0.29) is 18.9 Å². The van der Waals surface area contributed by atoms with E-state index in [0.29, 0.717) is 4.88 Å². The Labute approximate surface area is 119 Å². The third-order valence-corrected chi connectivity index (χ3v) is 3.62. The number of amides is 1. The number of carbonyl (C=O) groups excluding carboxylic acids is 1. The molecule has 0 saturated heterocycles. The summed E-state index contributed by atoms with van der Waals surface area (Å²) in [4.78, 5) is 23.0. The Morgan fingerprint density at radius 3 is 2.70 bits per heavy atom. The number of hydrogen-bond acceptors (Lipinski definition) is 4. The topological polar surface area (TPSA) is 91.6 Å². The van der Waals surface area contributed by atoms with Gasteiger partial charge >= 0.3 is 5.97 Å². The Hall–Kier alpha value is -2.12. The lowest BCUT2D eigenvalue weighted by atomic mass is 10.2. The predicted octanol–water partition coefficient (Wildman–Crippen LogP) is 1.10. The quantitative estimate of drug-likeness (QED) is 0.744. The Bertz CT molecular complexity index is 591. The number of nitrogens with zero attached hydrogens (tertiary/aromatic N) is 1. The minimum Gasteiger partial charge on any atom is -0.479 e. The molecule has 0 aliphatic carbocycles. The highest BCUT2D eigenvalue weighted by Gasteiger charge is 2.16. The Balaban J connectivity index is 1.97. The molecular weight excluding hydrogens is 280 g/mol. The van der Waals surface area contributed by atoms with E-state index in [1.165, 1.54) is 11.3 Å². The van der Waals surface area contributed by atoms with E-state index in [4.69, 9.17) is 10.2 Å². The van der Waals surface area contributed by atoms with Gasteiger partial charge in [-0.05, 0) is 23.6 Å². The van der Waals surface area contributed by atoms with Crippen LogP contribution in [0.15, 0.2) is 36.0 Å². The maximum absolute atomic E-state index is 12.0. The van der Waals surface area contributed by atoms with E-state index < -0.39 is 12.1 Å². The van der Waals surface area contributed by atoms with Crippen molar-refractivity contribution in [1.82, 2.24) is 9.88 Å². The standard InChI is InChI=1S/C13H14N2O4S/c16-10(13(18)19)3-5-14-12(17)11-9(4-8-20-11)15-6-1-2-7-15/h1-2,4,6-8,10,16H,3,5H2,(H,14,17)(H,18,19). The van der Waals surface area contributed by atoms with Gasteiger partial charge in [-0.2, -0.15) is 0 Å². The molecule has 1 amide bonds. The van der Waals surface area contributed by atoms with Gasteiger partial charge in [-0.15, -0.1) is 11.3 Å². The number of carboxylic acids is 1. The Morgan fingerprint density at radius 1 is 1.35 bits per heavy atom. The first kappa shape index (κ1) is 14.3. The average molecular weight is 294 g/mol. The van der Waals surface area contributed by atoms with E-state index in [0.717, 1.165) is 5.69 Å². The number of hydrogen-bond donors (Lipinski definition) is 3. The van der Waals surface area contributed by atoms with Gasteiger partial charge in [-0.25, -0.2) is 4.79 Å². The monoisotopic (exact) mass is 294 g/mol. The van der Waals surface area contributed by atoms with Crippen molar-refractivity contribution in [2.75, 3.05) is 6.54 Å². The van der Waals surface area contributed by atoms with Crippen LogP contribution in [0.2, 0.25) is 0 Å². The molecular formula is C13H14N2O4S. The molecule has 0 spiro atoms. The average Bonchev–Trinajstić information content (AvgIpc) is 3.08. The third-order valence-electron chi connectivity index (χ3n) is 2.72. The summed E-state index contributed by atoms with van der Waals surface area (Å²) >= 11 is 1.31. The molecule has 6 nitrogen and oxygen atoms in total. The minimum absolute atomic E-state index is 0.0225. The highest BCUT2D eigenvalue weighted by atomic mass is 32.1. The predicted molar refractivity (Wildman–Crippen MR) is 74.2 cm³/mol. The number of thiophene rings is 1. The molecule has 20 heavy (non-hydrogen) atoms. The Kier molecular flexibility index (Phi) is 4.54. The van der Waals surface area contributed by atoms with Crippen molar-refractivity contribution in [3.05, 3.63) is 40.8 Å². The van der Waals surface area contributed by atoms with Crippen LogP contribution in [0.5, 0.6) is 0 Å². The van der Waals surface area contributed by atoms with Gasteiger partial charge in [0.1, 0.15) is 4.88 Å². The second-order valence-corrected chi connectivity index (χ2v) is 5.04. The number of carbonyl (C=O) groups is 2. The maximum Gasteiger partial charge on any atom is 0.332 e. The number of nitrogens with one attached hydrogen (secondary N) is 1. The minimum atomic E-state index is -1.46. The number of aliphatic carboxylic acids is 1. The summed E-state index contributed by atoms with van der Waals surface area (Å²) in [6.45, 7) is 0.106. The molecule has 2 aromatic rings. The van der Waals surface area contributed by atoms with Crippen molar-refractivity contribution in [3.8, 4) is 5.69 Å². The molecule has 0 aromatic carbocycles. The van der Waals surface area contributed by atoms with Crippen LogP contribution in [0.3, 0.4) is 0 Å². The summed E-state index contributed by atoms with van der Waals surface area (Å²) in [6, 6.07) is 5.57. The summed E-state index contributed by atoms with van der Waals surface area (Å²) in [5, 5.41) is 22.1. The largest absolute Gasteiger partial charge is 0.479 e. The van der Waals surface area contributed by atoms with Crippen LogP contribution >= 0.6 is 11.3 Å². The zero-order valence-corrected chi connectivity index (χ0v) is 11.3. The highest BCUT2D eigenvalue weighted by Crippen LogP contribution is 2.21. The molecule has 0 saturated carbocycles. The van der Waals surface area contributed by atoms with E-state index in [1.807, 2.05) is 40.5 Å². The van der Waals surface area contributed by atoms with Gasteiger partial charge in [0.25, 0.3) is 5.91 Å². The molecule has 0 bridgehead atoms. The fourth-order valence-corrected chi connectivity index (χ4v) is 2.50. The first-order chi connectivity index (χ1) is 9.59. The first-order valence-electron chi connectivity index (χ1n) is 5.99. The zero-order chi connectivity index (χ0) is 14.5. The molecule has 0 fully saturated rings. The molecule has 1 unspecified atom stereocenters. The second-order valence-electron chi connectivity index (χ2n) is 4.12. The maximum atomic E-state index is 12.0.